The van der Waals surface area contributed by atoms with Crippen LogP contribution < -0.4 is 0 Å². The third-order valence-electron chi connectivity index (χ3n) is 4.56. The van der Waals surface area contributed by atoms with Crippen LogP contribution in [0, 0.1) is 52.2 Å². The zero-order valence-electron chi connectivity index (χ0n) is 15.1. The molecule has 0 bridgehead atoms. The fourth-order valence-electron chi connectivity index (χ4n) is 3.47. The van der Waals surface area contributed by atoms with Gasteiger partial charge in [-0.25, -0.2) is 4.98 Å². The normalized spacial score (nSPS) is 12.0. The predicted molar refractivity (Wildman–Crippen MR) is 109 cm³/mol. The molecule has 0 saturated carbocycles. The number of thiazole rings is 1. The summed E-state index contributed by atoms with van der Waals surface area (Å²) in [7, 11) is 0. The van der Waals surface area contributed by atoms with E-state index in [-0.39, 0.29) is 11.1 Å². The molecule has 0 saturated heterocycles. The molecule has 0 spiro atoms. The lowest BCUT2D eigenvalue weighted by molar-refractivity contribution is 1.28. The first-order valence-corrected chi connectivity index (χ1v) is 9.30. The van der Waals surface area contributed by atoms with Crippen molar-refractivity contribution in [1.29, 1.82) is 21.0 Å². The highest BCUT2D eigenvalue weighted by Gasteiger charge is 2.32. The molecular formula is C22H10N6S. The SMILES string of the molecule is Cc1nc2[nH]c(C=C3C(=C(C#N)C#N)c4ccccc4C3=C(C#N)C#N)cc2s1. The van der Waals surface area contributed by atoms with Gasteiger partial charge < -0.3 is 4.98 Å². The summed E-state index contributed by atoms with van der Waals surface area (Å²) in [6, 6.07) is 16.8. The number of H-pyrrole nitrogens is 1. The van der Waals surface area contributed by atoms with Gasteiger partial charge in [0.15, 0.2) is 0 Å². The number of nitriles is 4. The van der Waals surface area contributed by atoms with E-state index in [9.17, 15) is 21.0 Å². The lowest BCUT2D eigenvalue weighted by atomic mass is 9.96. The van der Waals surface area contributed by atoms with Crippen LogP contribution in [0.4, 0.5) is 0 Å². The van der Waals surface area contributed by atoms with E-state index < -0.39 is 0 Å². The Morgan fingerprint density at radius 1 is 0.966 bits per heavy atom. The molecule has 6 nitrogen and oxygen atoms in total. The van der Waals surface area contributed by atoms with Crippen molar-refractivity contribution >= 4 is 38.9 Å². The third-order valence-corrected chi connectivity index (χ3v) is 5.48. The van der Waals surface area contributed by atoms with E-state index in [4.69, 9.17) is 0 Å². The molecule has 1 aromatic carbocycles. The number of allylic oxidation sites excluding steroid dienone is 5. The van der Waals surface area contributed by atoms with Crippen LogP contribution in [0.25, 0.3) is 27.6 Å². The number of aromatic nitrogens is 2. The molecule has 2 heterocycles. The van der Waals surface area contributed by atoms with Gasteiger partial charge in [-0.05, 0) is 35.8 Å². The topological polar surface area (TPSA) is 124 Å². The van der Waals surface area contributed by atoms with Gasteiger partial charge in [-0.1, -0.05) is 24.3 Å². The number of fused-ring (bicyclic) bond motifs is 2. The Labute approximate surface area is 170 Å². The Balaban J connectivity index is 2.09. The Kier molecular flexibility index (Phi) is 4.30. The second-order valence-electron chi connectivity index (χ2n) is 6.22. The fourth-order valence-corrected chi connectivity index (χ4v) is 4.30. The Bertz CT molecular complexity index is 1310. The van der Waals surface area contributed by atoms with Crippen LogP contribution in [-0.2, 0) is 0 Å². The smallest absolute Gasteiger partial charge is 0.149 e. The van der Waals surface area contributed by atoms with Crippen molar-refractivity contribution in [1.82, 2.24) is 9.97 Å². The van der Waals surface area contributed by atoms with Crippen molar-refractivity contribution in [3.8, 4) is 24.3 Å². The summed E-state index contributed by atoms with van der Waals surface area (Å²) in [5, 5.41) is 39.0. The van der Waals surface area contributed by atoms with Crippen LogP contribution in [0.2, 0.25) is 0 Å². The first-order valence-electron chi connectivity index (χ1n) is 8.48. The van der Waals surface area contributed by atoms with Gasteiger partial charge in [-0.2, -0.15) is 21.0 Å². The molecular weight excluding hydrogens is 380 g/mol. The molecule has 1 aliphatic carbocycles. The average molecular weight is 390 g/mol. The Morgan fingerprint density at radius 3 is 2.00 bits per heavy atom. The van der Waals surface area contributed by atoms with Crippen molar-refractivity contribution in [3.05, 3.63) is 68.9 Å². The molecule has 0 fully saturated rings. The highest BCUT2D eigenvalue weighted by atomic mass is 32.1. The maximum absolute atomic E-state index is 9.53. The maximum Gasteiger partial charge on any atom is 0.149 e. The second kappa shape index (κ2) is 6.95. The molecule has 1 N–H and O–H groups in total. The van der Waals surface area contributed by atoms with E-state index in [2.05, 4.69) is 9.97 Å². The number of hydrogen-bond acceptors (Lipinski definition) is 6. The Morgan fingerprint density at radius 2 is 1.52 bits per heavy atom. The summed E-state index contributed by atoms with van der Waals surface area (Å²) >= 11 is 1.55. The highest BCUT2D eigenvalue weighted by Crippen LogP contribution is 2.48. The van der Waals surface area contributed by atoms with Crippen LogP contribution in [-0.4, -0.2) is 9.97 Å². The first-order chi connectivity index (χ1) is 14.1. The molecule has 3 aromatic rings. The van der Waals surface area contributed by atoms with E-state index in [0.717, 1.165) is 15.4 Å². The van der Waals surface area contributed by atoms with Crippen LogP contribution in [0.3, 0.4) is 0 Å². The minimum atomic E-state index is -0.0729. The molecule has 29 heavy (non-hydrogen) atoms. The van der Waals surface area contributed by atoms with Crippen molar-refractivity contribution in [2.24, 2.45) is 0 Å². The zero-order valence-corrected chi connectivity index (χ0v) is 15.9. The minimum absolute atomic E-state index is 0.0729. The fraction of sp³-hybridized carbons (Fsp3) is 0.0455. The molecule has 0 amide bonds. The number of nitrogens with zero attached hydrogens (tertiary/aromatic N) is 5. The van der Waals surface area contributed by atoms with Crippen molar-refractivity contribution in [2.45, 2.75) is 6.92 Å². The van der Waals surface area contributed by atoms with E-state index >= 15 is 0 Å². The monoisotopic (exact) mass is 390 g/mol. The van der Waals surface area contributed by atoms with Gasteiger partial charge in [-0.3, -0.25) is 0 Å². The number of rotatable bonds is 1. The lowest BCUT2D eigenvalue weighted by Crippen LogP contribution is -1.90. The average Bonchev–Trinajstić information content (AvgIpc) is 3.35. The van der Waals surface area contributed by atoms with E-state index in [1.165, 1.54) is 0 Å². The summed E-state index contributed by atoms with van der Waals surface area (Å²) < 4.78 is 0.975. The molecule has 0 radical (unpaired) electrons. The van der Waals surface area contributed by atoms with Crippen LogP contribution in [0.5, 0.6) is 0 Å². The van der Waals surface area contributed by atoms with Crippen LogP contribution in [0.15, 0.2) is 47.1 Å². The number of benzene rings is 1. The molecule has 134 valence electrons. The number of nitrogens with one attached hydrogen (secondary N) is 1. The van der Waals surface area contributed by atoms with Gasteiger partial charge in [0.1, 0.15) is 41.1 Å². The van der Waals surface area contributed by atoms with Crippen LogP contribution >= 0.6 is 11.3 Å². The van der Waals surface area contributed by atoms with E-state index in [0.29, 0.717) is 33.5 Å². The minimum Gasteiger partial charge on any atom is -0.339 e. The third kappa shape index (κ3) is 2.80. The number of hydrogen-bond donors (Lipinski definition) is 1. The van der Waals surface area contributed by atoms with Gasteiger partial charge >= 0.3 is 0 Å². The standard InChI is InChI=1S/C22H10N6S/c1-12-27-22-19(29-12)7-15(28-22)6-18-20(13(8-23)9-24)16-4-2-3-5-17(16)21(18)14(10-25)11-26/h2-7,28H,1H3. The van der Waals surface area contributed by atoms with Gasteiger partial charge in [0.25, 0.3) is 0 Å². The summed E-state index contributed by atoms with van der Waals surface area (Å²) in [4.78, 5) is 7.63. The predicted octanol–water partition coefficient (Wildman–Crippen LogP) is 4.63. The molecule has 0 atom stereocenters. The molecule has 7 heteroatoms. The van der Waals surface area contributed by atoms with Crippen molar-refractivity contribution < 1.29 is 0 Å². The number of aromatic amines is 1. The maximum atomic E-state index is 9.53. The molecule has 0 unspecified atom stereocenters. The van der Waals surface area contributed by atoms with Crippen molar-refractivity contribution in [3.63, 3.8) is 0 Å². The molecule has 4 rings (SSSR count). The van der Waals surface area contributed by atoms with Gasteiger partial charge in [-0.15, -0.1) is 11.3 Å². The van der Waals surface area contributed by atoms with Gasteiger partial charge in [0.05, 0.1) is 9.71 Å². The van der Waals surface area contributed by atoms with Gasteiger partial charge in [0, 0.05) is 16.8 Å². The summed E-state index contributed by atoms with van der Waals surface area (Å²) in [6.07, 6.45) is 1.76. The molecule has 2 aromatic heterocycles. The largest absolute Gasteiger partial charge is 0.339 e. The van der Waals surface area contributed by atoms with Gasteiger partial charge in [0.2, 0.25) is 0 Å². The van der Waals surface area contributed by atoms with Crippen LogP contribution in [0.1, 0.15) is 21.8 Å². The quantitative estimate of drug-likeness (QED) is 0.607. The van der Waals surface area contributed by atoms with Crippen molar-refractivity contribution in [2.75, 3.05) is 0 Å². The second-order valence-corrected chi connectivity index (χ2v) is 7.46. The summed E-state index contributed by atoms with van der Waals surface area (Å²) in [5.41, 5.74) is 3.95. The first kappa shape index (κ1) is 18.0. The highest BCUT2D eigenvalue weighted by molar-refractivity contribution is 7.18. The molecule has 0 aliphatic heterocycles. The molecule has 1 aliphatic rings. The van der Waals surface area contributed by atoms with E-state index in [1.54, 1.807) is 41.7 Å². The zero-order chi connectivity index (χ0) is 20.5. The summed E-state index contributed by atoms with van der Waals surface area (Å²) in [6.45, 7) is 1.92. The summed E-state index contributed by atoms with van der Waals surface area (Å²) in [5.74, 6) is 0. The Hall–Kier alpha value is -4.43. The lowest BCUT2D eigenvalue weighted by Gasteiger charge is -2.04. The number of aryl methyl sites for hydroxylation is 1. The van der Waals surface area contributed by atoms with E-state index in [1.807, 2.05) is 37.3 Å².